The number of aliphatic hydroxyl groups excluding tert-OH is 1. The molecule has 1 fully saturated rings. The van der Waals surface area contributed by atoms with Gasteiger partial charge < -0.3 is 10.4 Å². The van der Waals surface area contributed by atoms with Crippen molar-refractivity contribution in [3.8, 4) is 0 Å². The molecule has 2 N–H and O–H groups in total. The minimum absolute atomic E-state index is 0.104. The Labute approximate surface area is 108 Å². The average molecular weight is 335 g/mol. The smallest absolute Gasteiger partial charge is 0.124 e. The molecule has 0 saturated heterocycles. The molecule has 1 saturated carbocycles. The van der Waals surface area contributed by atoms with Crippen LogP contribution >= 0.6 is 22.6 Å². The van der Waals surface area contributed by atoms with Gasteiger partial charge in [0.2, 0.25) is 0 Å². The van der Waals surface area contributed by atoms with Crippen molar-refractivity contribution in [3.05, 3.63) is 27.6 Å². The van der Waals surface area contributed by atoms with Crippen molar-refractivity contribution in [2.75, 3.05) is 5.32 Å². The van der Waals surface area contributed by atoms with Gasteiger partial charge in [-0.3, -0.25) is 0 Å². The highest BCUT2D eigenvalue weighted by Gasteiger charge is 2.23. The molecule has 0 amide bonds. The van der Waals surface area contributed by atoms with Gasteiger partial charge in [-0.05, 0) is 53.6 Å². The van der Waals surface area contributed by atoms with Crippen molar-refractivity contribution in [1.29, 1.82) is 0 Å². The molecule has 1 aliphatic carbocycles. The molecule has 4 heteroatoms. The molecule has 0 unspecified atom stereocenters. The molecule has 16 heavy (non-hydrogen) atoms. The first-order valence-corrected chi connectivity index (χ1v) is 6.64. The van der Waals surface area contributed by atoms with E-state index in [9.17, 15) is 9.50 Å². The fraction of sp³-hybridized carbons (Fsp3) is 0.500. The summed E-state index contributed by atoms with van der Waals surface area (Å²) >= 11 is 2.11. The Hall–Kier alpha value is -0.360. The lowest BCUT2D eigenvalue weighted by atomic mass is 9.92. The van der Waals surface area contributed by atoms with Gasteiger partial charge in [0.05, 0.1) is 12.1 Å². The van der Waals surface area contributed by atoms with E-state index in [1.54, 1.807) is 6.07 Å². The third-order valence-corrected chi connectivity index (χ3v) is 3.89. The molecule has 0 aliphatic heterocycles. The van der Waals surface area contributed by atoms with Crippen molar-refractivity contribution in [2.24, 2.45) is 0 Å². The second-order valence-corrected chi connectivity index (χ2v) is 5.39. The Bertz CT molecular complexity index is 372. The van der Waals surface area contributed by atoms with E-state index in [0.29, 0.717) is 0 Å². The van der Waals surface area contributed by atoms with E-state index < -0.39 is 0 Å². The Kier molecular flexibility index (Phi) is 4.02. The molecule has 2 atom stereocenters. The van der Waals surface area contributed by atoms with Crippen LogP contribution in [0.5, 0.6) is 0 Å². The van der Waals surface area contributed by atoms with Gasteiger partial charge in [0.25, 0.3) is 0 Å². The predicted octanol–water partition coefficient (Wildman–Crippen LogP) is 3.15. The molecular formula is C12H15FINO. The molecule has 1 aromatic carbocycles. The Balaban J connectivity index is 2.07. The van der Waals surface area contributed by atoms with Crippen LogP contribution in [0.1, 0.15) is 25.7 Å². The first kappa shape index (κ1) is 12.1. The molecule has 2 rings (SSSR count). The van der Waals surface area contributed by atoms with Crippen LogP contribution in [0.25, 0.3) is 0 Å². The topological polar surface area (TPSA) is 32.3 Å². The highest BCUT2D eigenvalue weighted by molar-refractivity contribution is 14.1. The van der Waals surface area contributed by atoms with Crippen LogP contribution in [0.3, 0.4) is 0 Å². The Morgan fingerprint density at radius 3 is 2.75 bits per heavy atom. The first-order chi connectivity index (χ1) is 7.66. The van der Waals surface area contributed by atoms with Crippen molar-refractivity contribution in [2.45, 2.75) is 37.8 Å². The van der Waals surface area contributed by atoms with E-state index in [2.05, 4.69) is 27.9 Å². The quantitative estimate of drug-likeness (QED) is 0.814. The largest absolute Gasteiger partial charge is 0.391 e. The normalized spacial score (nSPS) is 25.4. The molecule has 0 heterocycles. The molecule has 0 spiro atoms. The van der Waals surface area contributed by atoms with Gasteiger partial charge in [0, 0.05) is 9.26 Å². The zero-order valence-electron chi connectivity index (χ0n) is 8.92. The van der Waals surface area contributed by atoms with Gasteiger partial charge in [0.1, 0.15) is 5.82 Å². The molecule has 0 radical (unpaired) electrons. The van der Waals surface area contributed by atoms with E-state index in [4.69, 9.17) is 0 Å². The van der Waals surface area contributed by atoms with Gasteiger partial charge >= 0.3 is 0 Å². The summed E-state index contributed by atoms with van der Waals surface area (Å²) in [7, 11) is 0. The Morgan fingerprint density at radius 1 is 1.31 bits per heavy atom. The highest BCUT2D eigenvalue weighted by Crippen LogP contribution is 2.25. The first-order valence-electron chi connectivity index (χ1n) is 5.56. The van der Waals surface area contributed by atoms with Crippen LogP contribution in [-0.2, 0) is 0 Å². The molecule has 0 bridgehead atoms. The lowest BCUT2D eigenvalue weighted by Crippen LogP contribution is -2.36. The minimum Gasteiger partial charge on any atom is -0.391 e. The number of nitrogens with one attached hydrogen (secondary N) is 1. The second-order valence-electron chi connectivity index (χ2n) is 4.23. The van der Waals surface area contributed by atoms with Crippen molar-refractivity contribution in [1.82, 2.24) is 0 Å². The molecule has 88 valence electrons. The fourth-order valence-corrected chi connectivity index (χ4v) is 2.72. The predicted molar refractivity (Wildman–Crippen MR) is 71.0 cm³/mol. The summed E-state index contributed by atoms with van der Waals surface area (Å²) in [6.07, 6.45) is 3.80. The van der Waals surface area contributed by atoms with Crippen LogP contribution in [-0.4, -0.2) is 17.3 Å². The van der Waals surface area contributed by atoms with E-state index >= 15 is 0 Å². The molecule has 0 aromatic heterocycles. The van der Waals surface area contributed by atoms with Gasteiger partial charge in [-0.15, -0.1) is 0 Å². The number of hydrogen-bond acceptors (Lipinski definition) is 2. The van der Waals surface area contributed by atoms with Gasteiger partial charge in [-0.2, -0.15) is 0 Å². The maximum atomic E-state index is 12.9. The van der Waals surface area contributed by atoms with Gasteiger partial charge in [-0.1, -0.05) is 12.8 Å². The maximum absolute atomic E-state index is 12.9. The summed E-state index contributed by atoms with van der Waals surface area (Å²) in [5.74, 6) is -0.223. The lowest BCUT2D eigenvalue weighted by molar-refractivity contribution is 0.116. The SMILES string of the molecule is O[C@H]1CCCC[C@@H]1Nc1ccc(F)cc1I. The van der Waals surface area contributed by atoms with Crippen molar-refractivity contribution >= 4 is 28.3 Å². The average Bonchev–Trinajstić information content (AvgIpc) is 2.25. The van der Waals surface area contributed by atoms with Gasteiger partial charge in [0.15, 0.2) is 0 Å². The number of aliphatic hydroxyl groups is 1. The van der Waals surface area contributed by atoms with E-state index in [1.807, 2.05) is 0 Å². The fourth-order valence-electron chi connectivity index (χ4n) is 2.09. The number of hydrogen-bond donors (Lipinski definition) is 2. The molecule has 1 aliphatic rings. The zero-order chi connectivity index (χ0) is 11.5. The van der Waals surface area contributed by atoms with E-state index in [1.165, 1.54) is 12.1 Å². The third kappa shape index (κ3) is 2.85. The van der Waals surface area contributed by atoms with Crippen molar-refractivity contribution in [3.63, 3.8) is 0 Å². The second kappa shape index (κ2) is 5.31. The standard InChI is InChI=1S/C12H15FINO/c13-8-5-6-10(9(14)7-8)15-11-3-1-2-4-12(11)16/h5-7,11-12,15-16H,1-4H2/t11-,12-/m0/s1. The van der Waals surface area contributed by atoms with E-state index in [-0.39, 0.29) is 18.0 Å². The van der Waals surface area contributed by atoms with Crippen LogP contribution in [0.4, 0.5) is 10.1 Å². The maximum Gasteiger partial charge on any atom is 0.124 e. The summed E-state index contributed by atoms with van der Waals surface area (Å²) in [5.41, 5.74) is 0.910. The highest BCUT2D eigenvalue weighted by atomic mass is 127. The number of benzene rings is 1. The number of rotatable bonds is 2. The summed E-state index contributed by atoms with van der Waals surface area (Å²) in [6, 6.07) is 4.78. The summed E-state index contributed by atoms with van der Waals surface area (Å²) in [4.78, 5) is 0. The van der Waals surface area contributed by atoms with Crippen molar-refractivity contribution < 1.29 is 9.50 Å². The molecular weight excluding hydrogens is 320 g/mol. The van der Waals surface area contributed by atoms with Crippen LogP contribution in [0, 0.1) is 9.39 Å². The molecule has 2 nitrogen and oxygen atoms in total. The zero-order valence-corrected chi connectivity index (χ0v) is 11.1. The third-order valence-electron chi connectivity index (χ3n) is 3.00. The monoisotopic (exact) mass is 335 g/mol. The number of halogens is 2. The summed E-state index contributed by atoms with van der Waals surface area (Å²) < 4.78 is 13.8. The van der Waals surface area contributed by atoms with Crippen LogP contribution < -0.4 is 5.32 Å². The number of anilines is 1. The van der Waals surface area contributed by atoms with Crippen LogP contribution in [0.15, 0.2) is 18.2 Å². The van der Waals surface area contributed by atoms with Gasteiger partial charge in [-0.25, -0.2) is 4.39 Å². The lowest BCUT2D eigenvalue weighted by Gasteiger charge is -2.29. The minimum atomic E-state index is -0.283. The van der Waals surface area contributed by atoms with E-state index in [0.717, 1.165) is 34.9 Å². The summed E-state index contributed by atoms with van der Waals surface area (Å²) in [6.45, 7) is 0. The summed E-state index contributed by atoms with van der Waals surface area (Å²) in [5, 5.41) is 13.1. The molecule has 1 aromatic rings. The Morgan fingerprint density at radius 2 is 2.06 bits per heavy atom. The van der Waals surface area contributed by atoms with Crippen LogP contribution in [0.2, 0.25) is 0 Å².